The summed E-state index contributed by atoms with van der Waals surface area (Å²) in [6.45, 7) is 15.1. The lowest BCUT2D eigenvalue weighted by Gasteiger charge is -2.43. The van der Waals surface area contributed by atoms with Crippen molar-refractivity contribution in [2.24, 2.45) is 17.8 Å². The summed E-state index contributed by atoms with van der Waals surface area (Å²) in [5, 5.41) is 22.5. The van der Waals surface area contributed by atoms with Crippen molar-refractivity contribution in [3.05, 3.63) is 0 Å². The van der Waals surface area contributed by atoms with Crippen LogP contribution >= 0.6 is 0 Å². The molecule has 0 spiro atoms. The maximum Gasteiger partial charge on any atom is 0.309 e. The fourth-order valence-electron chi connectivity index (χ4n) is 5.26. The van der Waals surface area contributed by atoms with Crippen LogP contribution in [0.15, 0.2) is 0 Å². The molecular formula is C24H45NO6. The molecule has 0 amide bonds. The number of cyclic esters (lactones) is 1. The van der Waals surface area contributed by atoms with Gasteiger partial charge in [-0.2, -0.15) is 0 Å². The first-order chi connectivity index (χ1) is 14.1. The van der Waals surface area contributed by atoms with Gasteiger partial charge in [0.15, 0.2) is 0 Å². The summed E-state index contributed by atoms with van der Waals surface area (Å²) in [6, 6.07) is -0.333. The Morgan fingerprint density at radius 2 is 1.71 bits per heavy atom. The molecular weight excluding hydrogens is 398 g/mol. The van der Waals surface area contributed by atoms with Gasteiger partial charge in [0.25, 0.3) is 0 Å². The molecule has 0 radical (unpaired) electrons. The van der Waals surface area contributed by atoms with Crippen LogP contribution in [0.1, 0.15) is 81.1 Å². The monoisotopic (exact) mass is 443 g/mol. The van der Waals surface area contributed by atoms with Crippen molar-refractivity contribution < 1.29 is 29.3 Å². The van der Waals surface area contributed by atoms with Crippen LogP contribution in [0.25, 0.3) is 0 Å². The molecule has 0 saturated carbocycles. The largest absolute Gasteiger partial charge is 0.459 e. The number of carbonyl (C=O) groups is 2. The number of ether oxygens (including phenoxy) is 2. The summed E-state index contributed by atoms with van der Waals surface area (Å²) in [5.74, 6) is -0.932. The number of hydrogen-bond donors (Lipinski definition) is 2. The van der Waals surface area contributed by atoms with Gasteiger partial charge in [0, 0.05) is 19.5 Å². The van der Waals surface area contributed by atoms with Crippen LogP contribution < -0.4 is 0 Å². The molecule has 31 heavy (non-hydrogen) atoms. The first-order valence-corrected chi connectivity index (χ1v) is 11.6. The Morgan fingerprint density at radius 3 is 2.23 bits per heavy atom. The molecule has 1 saturated heterocycles. The lowest BCUT2D eigenvalue weighted by Crippen LogP contribution is -2.60. The normalized spacial score (nSPS) is 42.2. The zero-order valence-corrected chi connectivity index (χ0v) is 21.0. The highest BCUT2D eigenvalue weighted by Gasteiger charge is 2.47. The van der Waals surface area contributed by atoms with Gasteiger partial charge in [-0.05, 0) is 65.3 Å². The predicted molar refractivity (Wildman–Crippen MR) is 120 cm³/mol. The Labute approximate surface area is 188 Å². The van der Waals surface area contributed by atoms with Gasteiger partial charge in [0.05, 0.1) is 11.5 Å². The van der Waals surface area contributed by atoms with E-state index in [1.807, 2.05) is 46.6 Å². The van der Waals surface area contributed by atoms with Gasteiger partial charge >= 0.3 is 11.9 Å². The Balaban J connectivity index is 3.36. The van der Waals surface area contributed by atoms with Crippen LogP contribution in [0.4, 0.5) is 0 Å². The Bertz CT molecular complexity index is 605. The second-order valence-corrected chi connectivity index (χ2v) is 10.5. The number of rotatable bonds is 2. The smallest absolute Gasteiger partial charge is 0.309 e. The van der Waals surface area contributed by atoms with Gasteiger partial charge in [-0.3, -0.25) is 14.5 Å². The molecule has 1 aliphatic heterocycles. The highest BCUT2D eigenvalue weighted by molar-refractivity contribution is 5.72. The number of hydrogen-bond acceptors (Lipinski definition) is 7. The maximum atomic E-state index is 12.8. The van der Waals surface area contributed by atoms with Gasteiger partial charge in [-0.1, -0.05) is 27.7 Å². The molecule has 0 aliphatic carbocycles. The van der Waals surface area contributed by atoms with Crippen LogP contribution in [0.2, 0.25) is 0 Å². The van der Waals surface area contributed by atoms with Gasteiger partial charge < -0.3 is 19.7 Å². The Hall–Kier alpha value is -1.18. The quantitative estimate of drug-likeness (QED) is 0.633. The van der Waals surface area contributed by atoms with Crippen molar-refractivity contribution in [1.29, 1.82) is 0 Å². The average molecular weight is 444 g/mol. The molecule has 1 heterocycles. The Kier molecular flexibility index (Phi) is 9.98. The molecule has 1 rings (SSSR count). The summed E-state index contributed by atoms with van der Waals surface area (Å²) in [6.07, 6.45) is 0.480. The van der Waals surface area contributed by atoms with E-state index in [9.17, 15) is 19.8 Å². The van der Waals surface area contributed by atoms with Crippen molar-refractivity contribution >= 4 is 11.9 Å². The maximum absolute atomic E-state index is 12.8. The van der Waals surface area contributed by atoms with E-state index in [0.29, 0.717) is 32.2 Å². The molecule has 7 nitrogen and oxygen atoms in total. The van der Waals surface area contributed by atoms with E-state index in [4.69, 9.17) is 9.47 Å². The van der Waals surface area contributed by atoms with E-state index in [1.54, 1.807) is 6.92 Å². The minimum absolute atomic E-state index is 0.140. The van der Waals surface area contributed by atoms with Crippen LogP contribution in [-0.4, -0.2) is 70.1 Å². The first kappa shape index (κ1) is 27.9. The van der Waals surface area contributed by atoms with Crippen LogP contribution in [0, 0.1) is 17.8 Å². The van der Waals surface area contributed by atoms with Crippen molar-refractivity contribution in [3.8, 4) is 0 Å². The van der Waals surface area contributed by atoms with E-state index in [1.165, 1.54) is 6.92 Å². The van der Waals surface area contributed by atoms with Crippen LogP contribution in [0.3, 0.4) is 0 Å². The minimum atomic E-state index is -1.57. The molecule has 0 bridgehead atoms. The SMILES string of the molecule is CC[C@H]1OC(=O)[C@H](C)C[C@H](C)C[C@](C)(O)C[C@@H](C)CN(C)[C@H](C)[C@@H](OC(C)=O)[C@]1(C)O. The van der Waals surface area contributed by atoms with E-state index in [0.717, 1.165) is 0 Å². The third-order valence-corrected chi connectivity index (χ3v) is 6.62. The molecule has 1 aliphatic rings. The molecule has 0 aromatic heterocycles. The molecule has 0 aromatic carbocycles. The standard InChI is InChI=1S/C24H45NO6/c1-10-20-24(8,29)21(30-19(6)26)18(5)25(9)14-16(3)13-23(7,28)12-15(2)11-17(4)22(27)31-20/h15-18,20-21,28-29H,10-14H2,1-9H3/t15-,16+,17+,18+,20+,21+,23-,24+/m0/s1. The van der Waals surface area contributed by atoms with Crippen molar-refractivity contribution in [2.45, 2.75) is 111 Å². The van der Waals surface area contributed by atoms with Gasteiger partial charge in [-0.15, -0.1) is 0 Å². The van der Waals surface area contributed by atoms with Crippen LogP contribution in [0.5, 0.6) is 0 Å². The van der Waals surface area contributed by atoms with Crippen molar-refractivity contribution in [2.75, 3.05) is 13.6 Å². The van der Waals surface area contributed by atoms with Gasteiger partial charge in [0.2, 0.25) is 0 Å². The fraction of sp³-hybridized carbons (Fsp3) is 0.917. The molecule has 0 unspecified atom stereocenters. The molecule has 1 fully saturated rings. The summed E-state index contributed by atoms with van der Waals surface area (Å²) in [4.78, 5) is 26.7. The second kappa shape index (κ2) is 11.1. The average Bonchev–Trinajstić information content (AvgIpc) is 2.60. The second-order valence-electron chi connectivity index (χ2n) is 10.5. The zero-order valence-electron chi connectivity index (χ0n) is 21.0. The topological polar surface area (TPSA) is 96.3 Å². The summed E-state index contributed by atoms with van der Waals surface area (Å²) >= 11 is 0. The number of nitrogens with zero attached hydrogens (tertiary/aromatic N) is 1. The zero-order chi connectivity index (χ0) is 24.1. The third-order valence-electron chi connectivity index (χ3n) is 6.62. The molecule has 182 valence electrons. The highest BCUT2D eigenvalue weighted by Crippen LogP contribution is 2.32. The first-order valence-electron chi connectivity index (χ1n) is 11.6. The lowest BCUT2D eigenvalue weighted by atomic mass is 9.82. The lowest BCUT2D eigenvalue weighted by molar-refractivity contribution is -0.201. The number of esters is 2. The highest BCUT2D eigenvalue weighted by atomic mass is 16.6. The predicted octanol–water partition coefficient (Wildman–Crippen LogP) is 3.15. The van der Waals surface area contributed by atoms with Gasteiger partial charge in [-0.25, -0.2) is 0 Å². The van der Waals surface area contributed by atoms with Crippen molar-refractivity contribution in [1.82, 2.24) is 4.90 Å². The summed E-state index contributed by atoms with van der Waals surface area (Å²) in [5.41, 5.74) is -2.41. The van der Waals surface area contributed by atoms with E-state index in [-0.39, 0.29) is 29.8 Å². The molecule has 2 N–H and O–H groups in total. The van der Waals surface area contributed by atoms with E-state index in [2.05, 4.69) is 6.92 Å². The van der Waals surface area contributed by atoms with E-state index < -0.39 is 29.4 Å². The van der Waals surface area contributed by atoms with Crippen molar-refractivity contribution in [3.63, 3.8) is 0 Å². The molecule has 7 heteroatoms. The number of likely N-dealkylation sites (N-methyl/N-ethyl adjacent to an activating group) is 1. The molecule has 0 aromatic rings. The fourth-order valence-corrected chi connectivity index (χ4v) is 5.26. The summed E-state index contributed by atoms with van der Waals surface area (Å²) in [7, 11) is 1.91. The van der Waals surface area contributed by atoms with Gasteiger partial charge in [0.1, 0.15) is 17.8 Å². The van der Waals surface area contributed by atoms with Crippen LogP contribution in [-0.2, 0) is 19.1 Å². The van der Waals surface area contributed by atoms with E-state index >= 15 is 0 Å². The minimum Gasteiger partial charge on any atom is -0.459 e. The summed E-state index contributed by atoms with van der Waals surface area (Å²) < 4.78 is 11.3. The number of carbonyl (C=O) groups excluding carboxylic acids is 2. The number of aliphatic hydroxyl groups is 2. The molecule has 8 atom stereocenters. The third kappa shape index (κ3) is 8.03. The Morgan fingerprint density at radius 1 is 1.16 bits per heavy atom.